The van der Waals surface area contributed by atoms with Crippen LogP contribution in [-0.4, -0.2) is 35.8 Å². The fourth-order valence-electron chi connectivity index (χ4n) is 4.88. The first kappa shape index (κ1) is 24.0. The van der Waals surface area contributed by atoms with Crippen molar-refractivity contribution in [2.75, 3.05) is 10.2 Å². The number of hydrogen-bond donors (Lipinski definition) is 3. The van der Waals surface area contributed by atoms with Crippen LogP contribution in [0.15, 0.2) is 42.5 Å². The first-order valence-corrected chi connectivity index (χ1v) is 12.2. The number of nitrogens with one attached hydrogen (secondary N) is 2. The molecule has 0 spiro atoms. The van der Waals surface area contributed by atoms with E-state index in [4.69, 9.17) is 5.73 Å². The molecule has 4 N–H and O–H groups in total. The predicted octanol–water partition coefficient (Wildman–Crippen LogP) is 4.01. The van der Waals surface area contributed by atoms with Crippen molar-refractivity contribution in [3.05, 3.63) is 59.2 Å². The molecule has 1 heterocycles. The van der Waals surface area contributed by atoms with Gasteiger partial charge in [0.1, 0.15) is 6.04 Å². The van der Waals surface area contributed by atoms with Gasteiger partial charge in [-0.25, -0.2) is 0 Å². The zero-order valence-electron chi connectivity index (χ0n) is 20.1. The molecule has 1 aliphatic heterocycles. The van der Waals surface area contributed by atoms with Gasteiger partial charge in [0.15, 0.2) is 0 Å². The molecule has 0 bridgehead atoms. The number of nitrogens with two attached hydrogens (primary N) is 1. The van der Waals surface area contributed by atoms with E-state index in [1.54, 1.807) is 29.2 Å². The summed E-state index contributed by atoms with van der Waals surface area (Å²) < 4.78 is 0. The van der Waals surface area contributed by atoms with Gasteiger partial charge in [0, 0.05) is 23.2 Å². The van der Waals surface area contributed by atoms with E-state index < -0.39 is 6.04 Å². The molecule has 0 saturated heterocycles. The topological polar surface area (TPSA) is 105 Å². The lowest BCUT2D eigenvalue weighted by atomic mass is 9.91. The summed E-state index contributed by atoms with van der Waals surface area (Å²) in [5.41, 5.74) is 9.02. The average Bonchev–Trinajstić information content (AvgIpc) is 2.83. The summed E-state index contributed by atoms with van der Waals surface area (Å²) in [7, 11) is 0. The number of benzene rings is 2. The lowest BCUT2D eigenvalue weighted by Crippen LogP contribution is -2.54. The summed E-state index contributed by atoms with van der Waals surface area (Å²) in [5, 5.41) is 6.04. The molecule has 2 unspecified atom stereocenters. The summed E-state index contributed by atoms with van der Waals surface area (Å²) in [6.07, 6.45) is 4.28. The Morgan fingerprint density at radius 2 is 1.85 bits per heavy atom. The van der Waals surface area contributed by atoms with E-state index in [0.29, 0.717) is 22.5 Å². The molecule has 4 rings (SSSR count). The first-order chi connectivity index (χ1) is 16.3. The van der Waals surface area contributed by atoms with Crippen molar-refractivity contribution in [3.8, 4) is 0 Å². The molecule has 2 aliphatic rings. The Morgan fingerprint density at radius 1 is 1.12 bits per heavy atom. The maximum Gasteiger partial charge on any atom is 0.259 e. The minimum atomic E-state index is -0.628. The highest BCUT2D eigenvalue weighted by Gasteiger charge is 2.40. The minimum absolute atomic E-state index is 0.0393. The van der Waals surface area contributed by atoms with Crippen molar-refractivity contribution < 1.29 is 14.4 Å². The Hall–Kier alpha value is -3.19. The third kappa shape index (κ3) is 4.85. The van der Waals surface area contributed by atoms with Gasteiger partial charge >= 0.3 is 0 Å². The Bertz CT molecular complexity index is 1090. The van der Waals surface area contributed by atoms with Gasteiger partial charge in [-0.2, -0.15) is 0 Å². The van der Waals surface area contributed by atoms with E-state index in [-0.39, 0.29) is 35.7 Å². The molecule has 34 heavy (non-hydrogen) atoms. The maximum absolute atomic E-state index is 13.7. The van der Waals surface area contributed by atoms with Crippen molar-refractivity contribution in [3.63, 3.8) is 0 Å². The van der Waals surface area contributed by atoms with E-state index in [2.05, 4.69) is 10.6 Å². The van der Waals surface area contributed by atoms with Gasteiger partial charge in [-0.05, 0) is 68.9 Å². The summed E-state index contributed by atoms with van der Waals surface area (Å²) in [4.78, 5) is 41.4. The molecule has 1 aliphatic carbocycles. The molecule has 1 fully saturated rings. The number of amides is 3. The second-order valence-corrected chi connectivity index (χ2v) is 9.68. The Labute approximate surface area is 201 Å². The number of hydrogen-bond acceptors (Lipinski definition) is 4. The summed E-state index contributed by atoms with van der Waals surface area (Å²) in [5.74, 6) is -0.678. The van der Waals surface area contributed by atoms with Gasteiger partial charge in [-0.1, -0.05) is 38.0 Å². The van der Waals surface area contributed by atoms with Gasteiger partial charge in [-0.15, -0.1) is 0 Å². The predicted molar refractivity (Wildman–Crippen MR) is 134 cm³/mol. The van der Waals surface area contributed by atoms with Crippen LogP contribution >= 0.6 is 0 Å². The van der Waals surface area contributed by atoms with Crippen LogP contribution in [0.25, 0.3) is 0 Å². The van der Waals surface area contributed by atoms with Crippen LogP contribution in [0.4, 0.5) is 11.4 Å². The van der Waals surface area contributed by atoms with Crippen LogP contribution in [0, 0.1) is 12.8 Å². The lowest BCUT2D eigenvalue weighted by molar-refractivity contribution is -0.118. The van der Waals surface area contributed by atoms with Gasteiger partial charge in [0.2, 0.25) is 5.91 Å². The highest BCUT2D eigenvalue weighted by molar-refractivity contribution is 6.17. The van der Waals surface area contributed by atoms with Crippen LogP contribution in [0.2, 0.25) is 0 Å². The quantitative estimate of drug-likeness (QED) is 0.624. The molecular formula is C27H34N4O3. The fraction of sp³-hybridized carbons (Fsp3) is 0.444. The fourth-order valence-corrected chi connectivity index (χ4v) is 4.88. The molecular weight excluding hydrogens is 428 g/mol. The van der Waals surface area contributed by atoms with E-state index in [9.17, 15) is 14.4 Å². The number of carbonyl (C=O) groups excluding carboxylic acids is 3. The number of anilines is 2. The van der Waals surface area contributed by atoms with Crippen LogP contribution in [0.1, 0.15) is 72.2 Å². The van der Waals surface area contributed by atoms with Crippen LogP contribution < -0.4 is 21.3 Å². The third-order valence-corrected chi connectivity index (χ3v) is 7.10. The van der Waals surface area contributed by atoms with Gasteiger partial charge in [0.05, 0.1) is 11.4 Å². The number of rotatable bonds is 5. The smallest absolute Gasteiger partial charge is 0.259 e. The maximum atomic E-state index is 13.7. The van der Waals surface area contributed by atoms with Crippen molar-refractivity contribution in [2.45, 2.75) is 71.0 Å². The number of aryl methyl sites for hydroxylation is 1. The Morgan fingerprint density at radius 3 is 2.53 bits per heavy atom. The summed E-state index contributed by atoms with van der Waals surface area (Å²) in [6.45, 7) is 5.92. The van der Waals surface area contributed by atoms with Gasteiger partial charge in [0.25, 0.3) is 11.8 Å². The standard InChI is InChI=1S/C27H34N4O3/c1-4-17(3)24-26(33)30-22-15-18(25(32)29-21-11-9-20(28)10-12-21)8-13-23(22)31(24)27(34)19-7-5-6-16(2)14-19/h5-8,13-15,17,20-21,24H,4,9-12,28H2,1-3H3,(H,29,32)(H,30,33). The van der Waals surface area contributed by atoms with Crippen molar-refractivity contribution >= 4 is 29.1 Å². The van der Waals surface area contributed by atoms with Crippen LogP contribution in [0.5, 0.6) is 0 Å². The molecule has 2 aromatic rings. The highest BCUT2D eigenvalue weighted by Crippen LogP contribution is 2.37. The molecule has 2 atom stereocenters. The SMILES string of the molecule is CCC(C)C1C(=O)Nc2cc(C(=O)NC3CCC(N)CC3)ccc2N1C(=O)c1cccc(C)c1. The summed E-state index contributed by atoms with van der Waals surface area (Å²) >= 11 is 0. The largest absolute Gasteiger partial charge is 0.349 e. The number of carbonyl (C=O) groups is 3. The third-order valence-electron chi connectivity index (χ3n) is 7.10. The van der Waals surface area contributed by atoms with Crippen molar-refractivity contribution in [1.82, 2.24) is 5.32 Å². The molecule has 0 aromatic heterocycles. The van der Waals surface area contributed by atoms with Crippen molar-refractivity contribution in [2.24, 2.45) is 11.7 Å². The second-order valence-electron chi connectivity index (χ2n) is 9.68. The minimum Gasteiger partial charge on any atom is -0.349 e. The Balaban J connectivity index is 1.65. The zero-order chi connectivity index (χ0) is 24.4. The molecule has 7 nitrogen and oxygen atoms in total. The first-order valence-electron chi connectivity index (χ1n) is 12.2. The molecule has 180 valence electrons. The summed E-state index contributed by atoms with van der Waals surface area (Å²) in [6, 6.07) is 12.2. The number of fused-ring (bicyclic) bond motifs is 1. The van der Waals surface area contributed by atoms with E-state index >= 15 is 0 Å². The van der Waals surface area contributed by atoms with Crippen molar-refractivity contribution in [1.29, 1.82) is 0 Å². The lowest BCUT2D eigenvalue weighted by Gasteiger charge is -2.39. The van der Waals surface area contributed by atoms with E-state index in [0.717, 1.165) is 37.7 Å². The second kappa shape index (κ2) is 9.97. The molecule has 7 heteroatoms. The van der Waals surface area contributed by atoms with Gasteiger partial charge < -0.3 is 16.4 Å². The molecule has 3 amide bonds. The Kier molecular flexibility index (Phi) is 7.03. The molecule has 1 saturated carbocycles. The highest BCUT2D eigenvalue weighted by atomic mass is 16.2. The van der Waals surface area contributed by atoms with Gasteiger partial charge in [-0.3, -0.25) is 19.3 Å². The van der Waals surface area contributed by atoms with E-state index in [1.165, 1.54) is 0 Å². The number of nitrogens with zero attached hydrogens (tertiary/aromatic N) is 1. The molecule has 0 radical (unpaired) electrons. The molecule has 2 aromatic carbocycles. The average molecular weight is 463 g/mol. The zero-order valence-corrected chi connectivity index (χ0v) is 20.1. The van der Waals surface area contributed by atoms with Crippen LogP contribution in [0.3, 0.4) is 0 Å². The monoisotopic (exact) mass is 462 g/mol. The normalized spacial score (nSPS) is 23.0. The van der Waals surface area contributed by atoms with E-state index in [1.807, 2.05) is 39.0 Å². The van der Waals surface area contributed by atoms with Crippen LogP contribution in [-0.2, 0) is 4.79 Å².